The van der Waals surface area contributed by atoms with Crippen LogP contribution < -0.4 is 5.32 Å². The van der Waals surface area contributed by atoms with Crippen molar-refractivity contribution in [3.8, 4) is 0 Å². The molecule has 0 radical (unpaired) electrons. The third kappa shape index (κ3) is 3.63. The summed E-state index contributed by atoms with van der Waals surface area (Å²) in [5.41, 5.74) is 1.80. The van der Waals surface area contributed by atoms with Crippen molar-refractivity contribution < 1.29 is 0 Å². The zero-order valence-corrected chi connectivity index (χ0v) is 11.4. The molecule has 1 aromatic rings. The fourth-order valence-electron chi connectivity index (χ4n) is 1.67. The summed E-state index contributed by atoms with van der Waals surface area (Å²) in [6, 6.07) is 0.355. The number of hydrogen-bond acceptors (Lipinski definition) is 3. The highest BCUT2D eigenvalue weighted by Crippen LogP contribution is 2.20. The maximum absolute atomic E-state index is 6.05. The number of aromatic nitrogens is 2. The molecule has 0 bridgehead atoms. The number of aryl methyl sites for hydroxylation is 2. The Hall–Kier alpha value is -0.830. The molecule has 0 saturated carbocycles. The molecule has 0 fully saturated rings. The zero-order chi connectivity index (χ0) is 12.3. The molecule has 90 valence electrons. The molecule has 1 rings (SSSR count). The Bertz CT molecular complexity index is 364. The topological polar surface area (TPSA) is 37.8 Å². The smallest absolute Gasteiger partial charge is 0.171 e. The lowest BCUT2D eigenvalue weighted by Gasteiger charge is -2.17. The summed E-state index contributed by atoms with van der Waals surface area (Å²) in [5, 5.41) is 3.76. The lowest BCUT2D eigenvalue weighted by atomic mass is 10.1. The molecule has 0 aliphatic heterocycles. The summed E-state index contributed by atoms with van der Waals surface area (Å²) in [6.07, 6.45) is 1.09. The van der Waals surface area contributed by atoms with Crippen LogP contribution in [-0.2, 0) is 0 Å². The summed E-state index contributed by atoms with van der Waals surface area (Å²) in [4.78, 5) is 8.66. The molecule has 1 aromatic heterocycles. The number of hydrogen-bond donors (Lipinski definition) is 1. The number of halogens is 1. The number of nitrogens with zero attached hydrogens (tertiary/aromatic N) is 2. The Labute approximate surface area is 103 Å². The SMILES string of the molecule is Cc1nc(Cl)c(NC(C)CC(C)C)nc1C. The third-order valence-corrected chi connectivity index (χ3v) is 2.74. The van der Waals surface area contributed by atoms with E-state index in [9.17, 15) is 0 Å². The van der Waals surface area contributed by atoms with E-state index in [1.807, 2.05) is 13.8 Å². The average Bonchev–Trinajstić information content (AvgIpc) is 2.12. The van der Waals surface area contributed by atoms with Crippen LogP contribution >= 0.6 is 11.6 Å². The molecule has 0 aromatic carbocycles. The number of rotatable bonds is 4. The predicted octanol–water partition coefficient (Wildman–Crippen LogP) is 3.59. The summed E-state index contributed by atoms with van der Waals surface area (Å²) in [5.74, 6) is 1.35. The molecular formula is C12H20ClN3. The minimum Gasteiger partial charge on any atom is -0.365 e. The van der Waals surface area contributed by atoms with Crippen LogP contribution in [0.1, 0.15) is 38.6 Å². The van der Waals surface area contributed by atoms with Gasteiger partial charge in [-0.25, -0.2) is 9.97 Å². The number of anilines is 1. The van der Waals surface area contributed by atoms with Gasteiger partial charge in [0.1, 0.15) is 0 Å². The second-order valence-corrected chi connectivity index (χ2v) is 5.07. The summed E-state index contributed by atoms with van der Waals surface area (Å²) in [6.45, 7) is 10.4. The van der Waals surface area contributed by atoms with Gasteiger partial charge in [0.25, 0.3) is 0 Å². The van der Waals surface area contributed by atoms with Gasteiger partial charge < -0.3 is 5.32 Å². The molecule has 0 amide bonds. The summed E-state index contributed by atoms with van der Waals surface area (Å²) >= 11 is 6.05. The van der Waals surface area contributed by atoms with Crippen molar-refractivity contribution in [2.24, 2.45) is 5.92 Å². The first-order chi connectivity index (χ1) is 7.40. The molecule has 3 nitrogen and oxygen atoms in total. The fourth-order valence-corrected chi connectivity index (χ4v) is 1.89. The van der Waals surface area contributed by atoms with E-state index in [0.29, 0.717) is 22.9 Å². The highest BCUT2D eigenvalue weighted by Gasteiger charge is 2.10. The molecule has 1 heterocycles. The highest BCUT2D eigenvalue weighted by atomic mass is 35.5. The van der Waals surface area contributed by atoms with Crippen molar-refractivity contribution in [2.75, 3.05) is 5.32 Å². The molecule has 0 aliphatic rings. The molecule has 16 heavy (non-hydrogen) atoms. The first-order valence-electron chi connectivity index (χ1n) is 5.67. The van der Waals surface area contributed by atoms with Crippen LogP contribution in [0, 0.1) is 19.8 Å². The highest BCUT2D eigenvalue weighted by molar-refractivity contribution is 6.31. The Morgan fingerprint density at radius 1 is 1.12 bits per heavy atom. The molecule has 4 heteroatoms. The third-order valence-electron chi connectivity index (χ3n) is 2.47. The quantitative estimate of drug-likeness (QED) is 0.876. The van der Waals surface area contributed by atoms with Gasteiger partial charge >= 0.3 is 0 Å². The molecular weight excluding hydrogens is 222 g/mol. The first kappa shape index (κ1) is 13.2. The van der Waals surface area contributed by atoms with Gasteiger partial charge in [-0.3, -0.25) is 0 Å². The Morgan fingerprint density at radius 2 is 1.69 bits per heavy atom. The van der Waals surface area contributed by atoms with Crippen LogP contribution in [0.25, 0.3) is 0 Å². The van der Waals surface area contributed by atoms with E-state index in [4.69, 9.17) is 11.6 Å². The van der Waals surface area contributed by atoms with Gasteiger partial charge in [-0.15, -0.1) is 0 Å². The van der Waals surface area contributed by atoms with Crippen LogP contribution in [0.4, 0.5) is 5.82 Å². The molecule has 1 unspecified atom stereocenters. The van der Waals surface area contributed by atoms with Crippen molar-refractivity contribution in [1.29, 1.82) is 0 Å². The van der Waals surface area contributed by atoms with Crippen LogP contribution in [0.2, 0.25) is 5.15 Å². The van der Waals surface area contributed by atoms with E-state index in [2.05, 4.69) is 36.1 Å². The Kier molecular flexibility index (Phi) is 4.54. The largest absolute Gasteiger partial charge is 0.365 e. The second-order valence-electron chi connectivity index (χ2n) is 4.71. The van der Waals surface area contributed by atoms with Gasteiger partial charge in [0.2, 0.25) is 0 Å². The fraction of sp³-hybridized carbons (Fsp3) is 0.667. The van der Waals surface area contributed by atoms with Crippen LogP contribution in [-0.4, -0.2) is 16.0 Å². The maximum Gasteiger partial charge on any atom is 0.171 e. The lowest BCUT2D eigenvalue weighted by Crippen LogP contribution is -2.19. The van der Waals surface area contributed by atoms with E-state index < -0.39 is 0 Å². The van der Waals surface area contributed by atoms with Crippen LogP contribution in [0.15, 0.2) is 0 Å². The van der Waals surface area contributed by atoms with Gasteiger partial charge in [-0.2, -0.15) is 0 Å². The van der Waals surface area contributed by atoms with Gasteiger partial charge in [0.05, 0.1) is 11.4 Å². The minimum absolute atomic E-state index is 0.355. The zero-order valence-electron chi connectivity index (χ0n) is 10.6. The van der Waals surface area contributed by atoms with E-state index >= 15 is 0 Å². The minimum atomic E-state index is 0.355. The van der Waals surface area contributed by atoms with Gasteiger partial charge in [0.15, 0.2) is 11.0 Å². The van der Waals surface area contributed by atoms with E-state index in [-0.39, 0.29) is 0 Å². The van der Waals surface area contributed by atoms with E-state index in [1.165, 1.54) is 0 Å². The summed E-state index contributed by atoms with van der Waals surface area (Å²) in [7, 11) is 0. The second kappa shape index (κ2) is 5.48. The Balaban J connectivity index is 2.77. The molecule has 0 saturated heterocycles. The lowest BCUT2D eigenvalue weighted by molar-refractivity contribution is 0.538. The molecule has 1 atom stereocenters. The predicted molar refractivity (Wildman–Crippen MR) is 69.1 cm³/mol. The standard InChI is InChI=1S/C12H20ClN3/c1-7(2)6-8(3)14-12-11(13)15-9(4)10(5)16-12/h7-8H,6H2,1-5H3,(H,14,16). The molecule has 1 N–H and O–H groups in total. The van der Waals surface area contributed by atoms with Gasteiger partial charge in [-0.05, 0) is 33.1 Å². The Morgan fingerprint density at radius 3 is 2.25 bits per heavy atom. The maximum atomic E-state index is 6.05. The summed E-state index contributed by atoms with van der Waals surface area (Å²) < 4.78 is 0. The number of nitrogens with one attached hydrogen (secondary N) is 1. The first-order valence-corrected chi connectivity index (χ1v) is 6.05. The van der Waals surface area contributed by atoms with Gasteiger partial charge in [0, 0.05) is 6.04 Å². The van der Waals surface area contributed by atoms with Crippen LogP contribution in [0.3, 0.4) is 0 Å². The molecule has 0 aliphatic carbocycles. The van der Waals surface area contributed by atoms with Gasteiger partial charge in [-0.1, -0.05) is 25.4 Å². The van der Waals surface area contributed by atoms with Crippen molar-refractivity contribution in [3.63, 3.8) is 0 Å². The average molecular weight is 242 g/mol. The van der Waals surface area contributed by atoms with Crippen molar-refractivity contribution in [3.05, 3.63) is 16.5 Å². The normalized spacial score (nSPS) is 12.9. The van der Waals surface area contributed by atoms with E-state index in [0.717, 1.165) is 17.8 Å². The van der Waals surface area contributed by atoms with Crippen LogP contribution in [0.5, 0.6) is 0 Å². The molecule has 0 spiro atoms. The monoisotopic (exact) mass is 241 g/mol. The van der Waals surface area contributed by atoms with Crippen molar-refractivity contribution in [2.45, 2.75) is 47.1 Å². The van der Waals surface area contributed by atoms with Crippen molar-refractivity contribution >= 4 is 17.4 Å². The van der Waals surface area contributed by atoms with Crippen molar-refractivity contribution in [1.82, 2.24) is 9.97 Å². The van der Waals surface area contributed by atoms with E-state index in [1.54, 1.807) is 0 Å².